The Balaban J connectivity index is -0.000000405. The van der Waals surface area contributed by atoms with Crippen LogP contribution >= 0.6 is 37.4 Å². The van der Waals surface area contributed by atoms with Crippen LogP contribution in [0.25, 0.3) is 0 Å². The number of thiol groups is 1. The Morgan fingerprint density at radius 1 is 1.50 bits per heavy atom. The number of carbonyl (C=O) groups excluding carboxylic acids is 1. The van der Waals surface area contributed by atoms with E-state index in [0.29, 0.717) is 0 Å². The van der Waals surface area contributed by atoms with Crippen LogP contribution in [0.3, 0.4) is 0 Å². The highest BCUT2D eigenvalue weighted by atomic mass is 35.5. The third-order valence-electron chi connectivity index (χ3n) is 0.858. The number of hydrogen-bond acceptors (Lipinski definition) is 3. The molecule has 1 atom stereocenters. The molecule has 0 fully saturated rings. The summed E-state index contributed by atoms with van der Waals surface area (Å²) in [5.41, 5.74) is 0. The van der Waals surface area contributed by atoms with E-state index >= 15 is 0 Å². The summed E-state index contributed by atoms with van der Waals surface area (Å²) in [6.45, 7) is 1.26. The van der Waals surface area contributed by atoms with E-state index in [9.17, 15) is 9.59 Å². The number of carboxylic acid groups (broad SMARTS) is 1. The zero-order chi connectivity index (χ0) is 8.15. The average Bonchev–Trinajstić information content (AvgIpc) is 1.81. The fourth-order valence-corrected chi connectivity index (χ4v) is 0.678. The van der Waals surface area contributed by atoms with Crippen LogP contribution in [0.4, 0.5) is 0 Å². The van der Waals surface area contributed by atoms with Crippen LogP contribution in [0.5, 0.6) is 0 Å². The number of carbonyl (C=O) groups is 2. The van der Waals surface area contributed by atoms with E-state index < -0.39 is 12.0 Å². The highest BCUT2D eigenvalue weighted by Crippen LogP contribution is 1.86. The zero-order valence-corrected chi connectivity index (χ0v) is 8.84. The van der Waals surface area contributed by atoms with Crippen LogP contribution in [0.1, 0.15) is 6.92 Å². The molecule has 0 saturated heterocycles. The first-order valence-corrected chi connectivity index (χ1v) is 3.32. The van der Waals surface area contributed by atoms with Crippen LogP contribution in [0, 0.1) is 0 Å². The Morgan fingerprint density at radius 3 is 2.00 bits per heavy atom. The van der Waals surface area contributed by atoms with Gasteiger partial charge in [0.1, 0.15) is 6.04 Å². The molecule has 0 bridgehead atoms. The van der Waals surface area contributed by atoms with E-state index in [1.807, 2.05) is 0 Å². The Morgan fingerprint density at radius 2 is 1.92 bits per heavy atom. The lowest BCUT2D eigenvalue weighted by atomic mass is 10.3. The summed E-state index contributed by atoms with van der Waals surface area (Å²) < 4.78 is 0. The lowest BCUT2D eigenvalue weighted by Crippen LogP contribution is -2.40. The number of halogens is 2. The first-order valence-electron chi connectivity index (χ1n) is 2.68. The van der Waals surface area contributed by atoms with Gasteiger partial charge < -0.3 is 10.4 Å². The van der Waals surface area contributed by atoms with Gasteiger partial charge in [0.2, 0.25) is 5.91 Å². The molecule has 0 aromatic rings. The summed E-state index contributed by atoms with van der Waals surface area (Å²) in [6.07, 6.45) is 0. The van der Waals surface area contributed by atoms with Crippen molar-refractivity contribution in [1.29, 1.82) is 0 Å². The van der Waals surface area contributed by atoms with Gasteiger partial charge in [-0.2, -0.15) is 12.6 Å². The third kappa shape index (κ3) is 7.97. The first kappa shape index (κ1) is 17.8. The SMILES string of the molecule is CC(=O)N[C@@H](CS)C(=O)O.Cl.Cl. The second kappa shape index (κ2) is 8.96. The highest BCUT2D eigenvalue weighted by Gasteiger charge is 2.14. The van der Waals surface area contributed by atoms with E-state index in [2.05, 4.69) is 17.9 Å². The van der Waals surface area contributed by atoms with Gasteiger partial charge in [-0.25, -0.2) is 4.79 Å². The topological polar surface area (TPSA) is 66.4 Å². The summed E-state index contributed by atoms with van der Waals surface area (Å²) in [5, 5.41) is 10.6. The number of aliphatic carboxylic acids is 1. The first-order chi connectivity index (χ1) is 4.57. The van der Waals surface area contributed by atoms with Crippen molar-refractivity contribution in [3.8, 4) is 0 Å². The van der Waals surface area contributed by atoms with Crippen molar-refractivity contribution < 1.29 is 14.7 Å². The molecule has 0 spiro atoms. The van der Waals surface area contributed by atoms with Crippen molar-refractivity contribution in [2.24, 2.45) is 0 Å². The minimum Gasteiger partial charge on any atom is -0.480 e. The van der Waals surface area contributed by atoms with Crippen LogP contribution in [0.2, 0.25) is 0 Å². The van der Waals surface area contributed by atoms with E-state index in [1.54, 1.807) is 0 Å². The monoisotopic (exact) mass is 235 g/mol. The maximum Gasteiger partial charge on any atom is 0.327 e. The molecule has 0 heterocycles. The maximum absolute atomic E-state index is 10.3. The Hall–Kier alpha value is -0.130. The van der Waals surface area contributed by atoms with Crippen molar-refractivity contribution in [3.05, 3.63) is 0 Å². The van der Waals surface area contributed by atoms with Gasteiger partial charge >= 0.3 is 5.97 Å². The third-order valence-corrected chi connectivity index (χ3v) is 1.22. The van der Waals surface area contributed by atoms with E-state index in [4.69, 9.17) is 5.11 Å². The molecule has 74 valence electrons. The molecule has 12 heavy (non-hydrogen) atoms. The lowest BCUT2D eigenvalue weighted by molar-refractivity contribution is -0.140. The Bertz CT molecular complexity index is 156. The molecule has 7 heteroatoms. The minimum atomic E-state index is -1.06. The van der Waals surface area contributed by atoms with Gasteiger partial charge in [-0.15, -0.1) is 24.8 Å². The van der Waals surface area contributed by atoms with E-state index in [1.165, 1.54) is 6.92 Å². The normalized spacial score (nSPS) is 10.2. The van der Waals surface area contributed by atoms with E-state index in [0.717, 1.165) is 0 Å². The number of amides is 1. The van der Waals surface area contributed by atoms with Gasteiger partial charge in [0.05, 0.1) is 0 Å². The van der Waals surface area contributed by atoms with Gasteiger partial charge in [-0.05, 0) is 0 Å². The molecular weight excluding hydrogens is 225 g/mol. The predicted molar refractivity (Wildman–Crippen MR) is 53.6 cm³/mol. The fraction of sp³-hybridized carbons (Fsp3) is 0.600. The Kier molecular flexibility index (Phi) is 13.3. The number of hydrogen-bond donors (Lipinski definition) is 3. The molecule has 0 aliphatic heterocycles. The molecule has 0 aliphatic rings. The zero-order valence-electron chi connectivity index (χ0n) is 6.31. The van der Waals surface area contributed by atoms with Gasteiger partial charge in [-0.1, -0.05) is 0 Å². The molecule has 4 nitrogen and oxygen atoms in total. The summed E-state index contributed by atoms with van der Waals surface area (Å²) in [5.74, 6) is -1.32. The molecule has 0 aromatic heterocycles. The van der Waals surface area contributed by atoms with Crippen molar-refractivity contribution >= 4 is 49.3 Å². The van der Waals surface area contributed by atoms with Crippen LogP contribution in [-0.4, -0.2) is 28.8 Å². The molecule has 1 amide bonds. The number of nitrogens with one attached hydrogen (secondary N) is 1. The molecule has 0 unspecified atom stereocenters. The van der Waals surface area contributed by atoms with Gasteiger partial charge in [0.25, 0.3) is 0 Å². The van der Waals surface area contributed by atoms with E-state index in [-0.39, 0.29) is 36.5 Å². The average molecular weight is 236 g/mol. The van der Waals surface area contributed by atoms with Crippen molar-refractivity contribution in [3.63, 3.8) is 0 Å². The summed E-state index contributed by atoms with van der Waals surface area (Å²) in [4.78, 5) is 20.5. The minimum absolute atomic E-state index is 0. The van der Waals surface area contributed by atoms with Crippen LogP contribution < -0.4 is 5.32 Å². The maximum atomic E-state index is 10.3. The van der Waals surface area contributed by atoms with Crippen molar-refractivity contribution in [2.75, 3.05) is 5.75 Å². The van der Waals surface area contributed by atoms with Crippen molar-refractivity contribution in [2.45, 2.75) is 13.0 Å². The number of carboxylic acids is 1. The summed E-state index contributed by atoms with van der Waals surface area (Å²) >= 11 is 3.73. The number of rotatable bonds is 3. The quantitative estimate of drug-likeness (QED) is 0.619. The smallest absolute Gasteiger partial charge is 0.327 e. The van der Waals surface area contributed by atoms with Crippen LogP contribution in [-0.2, 0) is 9.59 Å². The largest absolute Gasteiger partial charge is 0.480 e. The molecular formula is C5H11Cl2NO3S. The fourth-order valence-electron chi connectivity index (χ4n) is 0.431. The van der Waals surface area contributed by atoms with Crippen LogP contribution in [0.15, 0.2) is 0 Å². The van der Waals surface area contributed by atoms with Gasteiger partial charge in [-0.3, -0.25) is 4.79 Å². The highest BCUT2D eigenvalue weighted by molar-refractivity contribution is 7.80. The molecule has 0 radical (unpaired) electrons. The molecule has 0 rings (SSSR count). The second-order valence-corrected chi connectivity index (χ2v) is 2.14. The predicted octanol–water partition coefficient (Wildman–Crippen LogP) is 0.349. The molecule has 0 aliphatic carbocycles. The molecule has 2 N–H and O–H groups in total. The van der Waals surface area contributed by atoms with Crippen molar-refractivity contribution in [1.82, 2.24) is 5.32 Å². The van der Waals surface area contributed by atoms with Gasteiger partial charge in [0.15, 0.2) is 0 Å². The molecule has 0 saturated carbocycles. The molecule has 0 aromatic carbocycles. The summed E-state index contributed by atoms with van der Waals surface area (Å²) in [7, 11) is 0. The van der Waals surface area contributed by atoms with Gasteiger partial charge in [0, 0.05) is 12.7 Å². The summed E-state index contributed by atoms with van der Waals surface area (Å²) in [6, 6.07) is -0.874. The lowest BCUT2D eigenvalue weighted by Gasteiger charge is -2.08. The Labute approximate surface area is 88.3 Å². The standard InChI is InChI=1S/C5H9NO3S.2ClH/c1-3(7)6-4(2-10)5(8)9;;/h4,10H,2H2,1H3,(H,6,7)(H,8,9);2*1H/t4-;;/m0../s1. The second-order valence-electron chi connectivity index (χ2n) is 1.77.